The number of imidazole rings is 1. The number of aromatic nitrogens is 5. The number of hydrogen-bond donors (Lipinski definition) is 2. The summed E-state index contributed by atoms with van der Waals surface area (Å²) in [6.07, 6.45) is 8.33. The summed E-state index contributed by atoms with van der Waals surface area (Å²) < 4.78 is 0. The number of halogens is 2. The van der Waals surface area contributed by atoms with Crippen LogP contribution in [0.1, 0.15) is 17.7 Å². The Labute approximate surface area is 189 Å². The van der Waals surface area contributed by atoms with Gasteiger partial charge >= 0.3 is 0 Å². The van der Waals surface area contributed by atoms with Gasteiger partial charge in [0.1, 0.15) is 11.9 Å². The first-order valence-corrected chi connectivity index (χ1v) is 10.3. The van der Waals surface area contributed by atoms with Crippen LogP contribution in [0.15, 0.2) is 55.1 Å². The van der Waals surface area contributed by atoms with Crippen LogP contribution in [0.5, 0.6) is 0 Å². The second-order valence-electron chi connectivity index (χ2n) is 6.70. The van der Waals surface area contributed by atoms with E-state index in [9.17, 15) is 0 Å². The molecule has 0 atom stereocenters. The van der Waals surface area contributed by atoms with E-state index in [1.165, 1.54) is 0 Å². The van der Waals surface area contributed by atoms with Crippen molar-refractivity contribution in [1.29, 1.82) is 5.26 Å². The summed E-state index contributed by atoms with van der Waals surface area (Å²) in [4.78, 5) is 20.8. The lowest BCUT2D eigenvalue weighted by molar-refractivity contribution is 0.828. The van der Waals surface area contributed by atoms with Crippen molar-refractivity contribution in [2.75, 3.05) is 11.9 Å². The topological polar surface area (TPSA) is 103 Å². The molecular weight excluding hydrogens is 433 g/mol. The number of hydrogen-bond acceptors (Lipinski definition) is 6. The zero-order chi connectivity index (χ0) is 21.6. The molecule has 4 rings (SSSR count). The van der Waals surface area contributed by atoms with Crippen molar-refractivity contribution in [2.24, 2.45) is 0 Å². The molecule has 9 heteroatoms. The molecule has 31 heavy (non-hydrogen) atoms. The Bertz CT molecular complexity index is 1220. The fourth-order valence-corrected chi connectivity index (χ4v) is 3.55. The number of nitriles is 1. The predicted octanol–water partition coefficient (Wildman–Crippen LogP) is 5.15. The smallest absolute Gasteiger partial charge is 0.223 e. The molecule has 0 spiro atoms. The summed E-state index contributed by atoms with van der Waals surface area (Å²) in [5.41, 5.74) is 3.62. The average Bonchev–Trinajstić information content (AvgIpc) is 3.32. The average molecular weight is 450 g/mol. The molecule has 0 bridgehead atoms. The number of pyridine rings is 1. The molecule has 0 amide bonds. The Morgan fingerprint density at radius 2 is 1.94 bits per heavy atom. The number of aryl methyl sites for hydroxylation is 1. The number of benzene rings is 1. The fourth-order valence-electron chi connectivity index (χ4n) is 3.05. The lowest BCUT2D eigenvalue weighted by Crippen LogP contribution is -2.08. The van der Waals surface area contributed by atoms with Crippen molar-refractivity contribution >= 4 is 29.2 Å². The summed E-state index contributed by atoms with van der Waals surface area (Å²) in [7, 11) is 0. The minimum Gasteiger partial charge on any atom is -0.354 e. The molecule has 2 N–H and O–H groups in total. The maximum Gasteiger partial charge on any atom is 0.223 e. The number of rotatable bonds is 7. The van der Waals surface area contributed by atoms with E-state index in [1.54, 1.807) is 43.0 Å². The fraction of sp³-hybridized carbons (Fsp3) is 0.136. The first-order chi connectivity index (χ1) is 15.1. The van der Waals surface area contributed by atoms with E-state index in [2.05, 4.69) is 31.3 Å². The quantitative estimate of drug-likeness (QED) is 0.378. The van der Waals surface area contributed by atoms with Crippen LogP contribution in [-0.4, -0.2) is 31.5 Å². The van der Waals surface area contributed by atoms with Crippen LogP contribution in [0.4, 0.5) is 5.95 Å². The first-order valence-electron chi connectivity index (χ1n) is 9.55. The van der Waals surface area contributed by atoms with Gasteiger partial charge in [0.15, 0.2) is 0 Å². The molecule has 3 heterocycles. The third-order valence-corrected chi connectivity index (χ3v) is 5.12. The molecule has 154 valence electrons. The van der Waals surface area contributed by atoms with Gasteiger partial charge in [0.2, 0.25) is 5.95 Å². The molecule has 1 aromatic carbocycles. The Morgan fingerprint density at radius 3 is 2.65 bits per heavy atom. The summed E-state index contributed by atoms with van der Waals surface area (Å²) in [5.74, 6) is 1.14. The Hall–Kier alpha value is -3.47. The standard InChI is InChI=1S/C22H17Cl2N7/c23-15-4-6-17(19(24)10-15)20-18(21-26-8-9-27-21)13-30-22(31-20)28-7-1-2-16-5-3-14(11-25)12-29-16/h3-6,8-10,12-13H,1-2,7H2,(H,26,27)(H,28,30,31). The molecule has 4 aromatic rings. The SMILES string of the molecule is N#Cc1ccc(CCCNc2ncc(-c3ncc[nH]3)c(-c3ccc(Cl)cc3Cl)n2)nc1. The maximum atomic E-state index is 8.85. The number of nitrogens with one attached hydrogen (secondary N) is 2. The van der Waals surface area contributed by atoms with Gasteiger partial charge in [-0.25, -0.2) is 15.0 Å². The monoisotopic (exact) mass is 449 g/mol. The van der Waals surface area contributed by atoms with Crippen LogP contribution in [-0.2, 0) is 6.42 Å². The third kappa shape index (κ3) is 5.00. The minimum absolute atomic E-state index is 0.490. The van der Waals surface area contributed by atoms with Crippen LogP contribution in [0.2, 0.25) is 10.0 Å². The summed E-state index contributed by atoms with van der Waals surface area (Å²) in [6, 6.07) is 11.0. The maximum absolute atomic E-state index is 8.85. The van der Waals surface area contributed by atoms with Crippen molar-refractivity contribution < 1.29 is 0 Å². The highest BCUT2D eigenvalue weighted by Crippen LogP contribution is 2.34. The zero-order valence-corrected chi connectivity index (χ0v) is 17.8. The third-order valence-electron chi connectivity index (χ3n) is 4.57. The molecule has 0 saturated heterocycles. The van der Waals surface area contributed by atoms with Crippen LogP contribution in [0.25, 0.3) is 22.6 Å². The van der Waals surface area contributed by atoms with E-state index in [0.29, 0.717) is 39.6 Å². The molecule has 3 aromatic heterocycles. The van der Waals surface area contributed by atoms with Crippen LogP contribution in [0.3, 0.4) is 0 Å². The highest BCUT2D eigenvalue weighted by molar-refractivity contribution is 6.36. The van der Waals surface area contributed by atoms with E-state index >= 15 is 0 Å². The summed E-state index contributed by atoms with van der Waals surface area (Å²) in [6.45, 7) is 0.662. The Kier molecular flexibility index (Phi) is 6.41. The van der Waals surface area contributed by atoms with Crippen LogP contribution >= 0.6 is 23.2 Å². The van der Waals surface area contributed by atoms with Gasteiger partial charge in [0.25, 0.3) is 0 Å². The Morgan fingerprint density at radius 1 is 1.03 bits per heavy atom. The molecule has 0 fully saturated rings. The van der Waals surface area contributed by atoms with E-state index in [-0.39, 0.29) is 0 Å². The molecule has 0 aliphatic heterocycles. The molecule has 0 aliphatic rings. The number of aromatic amines is 1. The van der Waals surface area contributed by atoms with Crippen molar-refractivity contribution in [2.45, 2.75) is 12.8 Å². The van der Waals surface area contributed by atoms with Crippen molar-refractivity contribution in [1.82, 2.24) is 24.9 Å². The first kappa shape index (κ1) is 20.8. The van der Waals surface area contributed by atoms with E-state index in [0.717, 1.165) is 29.7 Å². The molecule has 7 nitrogen and oxygen atoms in total. The molecular formula is C22H17Cl2N7. The van der Waals surface area contributed by atoms with Gasteiger partial charge in [-0.1, -0.05) is 23.2 Å². The van der Waals surface area contributed by atoms with Crippen molar-refractivity contribution in [3.8, 4) is 28.7 Å². The second kappa shape index (κ2) is 9.56. The molecule has 0 saturated carbocycles. The van der Waals surface area contributed by atoms with Gasteiger partial charge in [0.05, 0.1) is 21.8 Å². The van der Waals surface area contributed by atoms with Crippen LogP contribution in [0, 0.1) is 11.3 Å². The lowest BCUT2D eigenvalue weighted by Gasteiger charge is -2.12. The van der Waals surface area contributed by atoms with E-state index < -0.39 is 0 Å². The second-order valence-corrected chi connectivity index (χ2v) is 7.54. The summed E-state index contributed by atoms with van der Waals surface area (Å²) in [5, 5.41) is 13.1. The normalized spacial score (nSPS) is 10.6. The van der Waals surface area contributed by atoms with Gasteiger partial charge in [-0.05, 0) is 43.2 Å². The van der Waals surface area contributed by atoms with Crippen molar-refractivity contribution in [3.63, 3.8) is 0 Å². The van der Waals surface area contributed by atoms with E-state index in [4.69, 9.17) is 33.4 Å². The Balaban J connectivity index is 1.51. The zero-order valence-electron chi connectivity index (χ0n) is 16.3. The minimum atomic E-state index is 0.490. The molecule has 0 aliphatic carbocycles. The highest BCUT2D eigenvalue weighted by atomic mass is 35.5. The largest absolute Gasteiger partial charge is 0.354 e. The number of anilines is 1. The number of H-pyrrole nitrogens is 1. The predicted molar refractivity (Wildman–Crippen MR) is 121 cm³/mol. The van der Waals surface area contributed by atoms with E-state index in [1.807, 2.05) is 12.1 Å². The van der Waals surface area contributed by atoms with Gasteiger partial charge < -0.3 is 10.3 Å². The van der Waals surface area contributed by atoms with Gasteiger partial charge in [-0.15, -0.1) is 0 Å². The van der Waals surface area contributed by atoms with Gasteiger partial charge in [-0.2, -0.15) is 5.26 Å². The molecule has 0 radical (unpaired) electrons. The highest BCUT2D eigenvalue weighted by Gasteiger charge is 2.16. The summed E-state index contributed by atoms with van der Waals surface area (Å²) >= 11 is 12.5. The van der Waals surface area contributed by atoms with Crippen LogP contribution < -0.4 is 5.32 Å². The van der Waals surface area contributed by atoms with Gasteiger partial charge in [0, 0.05) is 47.6 Å². The lowest BCUT2D eigenvalue weighted by atomic mass is 10.1. The van der Waals surface area contributed by atoms with Gasteiger partial charge in [-0.3, -0.25) is 4.98 Å². The van der Waals surface area contributed by atoms with Crippen molar-refractivity contribution in [3.05, 3.63) is 76.4 Å². The number of nitrogens with zero attached hydrogens (tertiary/aromatic N) is 5. The molecule has 0 unspecified atom stereocenters.